The van der Waals surface area contributed by atoms with Gasteiger partial charge in [0.05, 0.1) is 9.52 Å². The number of aromatic nitrogens is 3. The third kappa shape index (κ3) is 4.13. The van der Waals surface area contributed by atoms with Gasteiger partial charge < -0.3 is 0 Å². The lowest BCUT2D eigenvalue weighted by molar-refractivity contribution is 0.730. The van der Waals surface area contributed by atoms with E-state index in [0.29, 0.717) is 20.1 Å². The second-order valence-corrected chi connectivity index (χ2v) is 8.86. The van der Waals surface area contributed by atoms with Crippen LogP contribution in [0.4, 0.5) is 0 Å². The lowest BCUT2D eigenvalue weighted by Crippen LogP contribution is -2.17. The van der Waals surface area contributed by atoms with Crippen LogP contribution in [-0.4, -0.2) is 24.3 Å². The number of hydrogen-bond donors (Lipinski definition) is 0. The summed E-state index contributed by atoms with van der Waals surface area (Å²) in [7, 11) is -0.702. The number of benzene rings is 2. The van der Waals surface area contributed by atoms with Crippen LogP contribution in [0.2, 0.25) is 20.1 Å². The molecule has 0 aliphatic heterocycles. The third-order valence-corrected chi connectivity index (χ3v) is 7.09. The smallest absolute Gasteiger partial charge is 0.137 e. The van der Waals surface area contributed by atoms with Crippen molar-refractivity contribution >= 4 is 55.9 Å². The molecule has 0 bridgehead atoms. The van der Waals surface area contributed by atoms with Crippen LogP contribution in [0.25, 0.3) is 0 Å². The number of nitrogens with zero attached hydrogens (tertiary/aromatic N) is 3. The molecule has 3 aromatic rings. The molecule has 0 N–H and O–H groups in total. The van der Waals surface area contributed by atoms with E-state index in [0.717, 1.165) is 17.3 Å². The quantitative estimate of drug-likeness (QED) is 0.558. The largest absolute Gasteiger partial charge is 0.257 e. The summed E-state index contributed by atoms with van der Waals surface area (Å²) >= 11 is 25.0. The summed E-state index contributed by atoms with van der Waals surface area (Å²) in [5.74, 6) is 0. The Morgan fingerprint density at radius 1 is 0.917 bits per heavy atom. The average molecular weight is 417 g/mol. The highest BCUT2D eigenvalue weighted by Crippen LogP contribution is 2.36. The summed E-state index contributed by atoms with van der Waals surface area (Å²) in [4.78, 5) is 3.99. The summed E-state index contributed by atoms with van der Waals surface area (Å²) in [6.45, 7) is 0. The summed E-state index contributed by atoms with van der Waals surface area (Å²) in [6, 6.07) is 11.2. The van der Waals surface area contributed by atoms with E-state index >= 15 is 0 Å². The lowest BCUT2D eigenvalue weighted by Gasteiger charge is -2.20. The SMILES string of the molecule is Clc1ccc(C([SiH2]Cn2cncn2)c2ccc(Cl)cc2Cl)c(Cl)c1. The predicted octanol–water partition coefficient (Wildman–Crippen LogP) is 4.81. The van der Waals surface area contributed by atoms with Gasteiger partial charge >= 0.3 is 0 Å². The van der Waals surface area contributed by atoms with Crippen LogP contribution in [-0.2, 0) is 6.17 Å². The van der Waals surface area contributed by atoms with E-state index in [1.807, 2.05) is 28.9 Å². The molecule has 1 aromatic heterocycles. The maximum absolute atomic E-state index is 6.45. The first-order valence-corrected chi connectivity index (χ1v) is 10.6. The molecule has 0 saturated heterocycles. The van der Waals surface area contributed by atoms with Crippen molar-refractivity contribution in [2.24, 2.45) is 0 Å². The van der Waals surface area contributed by atoms with Crippen LogP contribution in [0.15, 0.2) is 49.1 Å². The Balaban J connectivity index is 1.99. The zero-order valence-electron chi connectivity index (χ0n) is 12.5. The van der Waals surface area contributed by atoms with Crippen molar-refractivity contribution in [3.63, 3.8) is 0 Å². The molecule has 0 unspecified atom stereocenters. The van der Waals surface area contributed by atoms with Crippen molar-refractivity contribution in [1.29, 1.82) is 0 Å². The first-order valence-electron chi connectivity index (χ1n) is 7.27. The van der Waals surface area contributed by atoms with Gasteiger partial charge in [-0.3, -0.25) is 4.68 Å². The molecule has 24 heavy (non-hydrogen) atoms. The Labute approximate surface area is 162 Å². The monoisotopic (exact) mass is 415 g/mol. The molecule has 3 nitrogen and oxygen atoms in total. The Hall–Kier alpha value is -1.04. The maximum Gasteiger partial charge on any atom is 0.137 e. The first-order chi connectivity index (χ1) is 11.5. The van der Waals surface area contributed by atoms with Gasteiger partial charge in [0.1, 0.15) is 12.7 Å². The fourth-order valence-electron chi connectivity index (χ4n) is 2.66. The van der Waals surface area contributed by atoms with Crippen LogP contribution >= 0.6 is 46.4 Å². The number of halogens is 4. The van der Waals surface area contributed by atoms with Gasteiger partial charge in [0.25, 0.3) is 0 Å². The second-order valence-electron chi connectivity index (χ2n) is 5.33. The highest BCUT2D eigenvalue weighted by Gasteiger charge is 2.21. The molecule has 0 spiro atoms. The molecule has 0 aliphatic rings. The molecule has 0 atom stereocenters. The van der Waals surface area contributed by atoms with Crippen molar-refractivity contribution in [3.05, 3.63) is 80.3 Å². The Morgan fingerprint density at radius 3 is 1.96 bits per heavy atom. The Morgan fingerprint density at radius 2 is 1.50 bits per heavy atom. The minimum absolute atomic E-state index is 0.128. The summed E-state index contributed by atoms with van der Waals surface area (Å²) < 4.78 is 1.84. The fourth-order valence-corrected chi connectivity index (χ4v) is 6.08. The highest BCUT2D eigenvalue weighted by atomic mass is 35.5. The predicted molar refractivity (Wildman–Crippen MR) is 103 cm³/mol. The average Bonchev–Trinajstić information content (AvgIpc) is 3.04. The van der Waals surface area contributed by atoms with Gasteiger partial charge in [-0.05, 0) is 35.4 Å². The van der Waals surface area contributed by atoms with Crippen molar-refractivity contribution in [1.82, 2.24) is 14.8 Å². The second kappa shape index (κ2) is 7.89. The molecule has 0 fully saturated rings. The topological polar surface area (TPSA) is 30.7 Å². The van der Waals surface area contributed by atoms with Gasteiger partial charge in [0.15, 0.2) is 0 Å². The van der Waals surface area contributed by atoms with Crippen LogP contribution < -0.4 is 0 Å². The lowest BCUT2D eigenvalue weighted by atomic mass is 10.0. The molecule has 0 saturated carbocycles. The van der Waals surface area contributed by atoms with E-state index in [4.69, 9.17) is 46.4 Å². The molecule has 0 radical (unpaired) electrons. The third-order valence-electron chi connectivity index (χ3n) is 3.79. The molecule has 0 amide bonds. The van der Waals surface area contributed by atoms with Crippen molar-refractivity contribution in [3.8, 4) is 0 Å². The molecular weight excluding hydrogens is 404 g/mol. The van der Waals surface area contributed by atoms with Gasteiger partial charge in [-0.2, -0.15) is 5.10 Å². The molecule has 0 aliphatic carbocycles. The van der Waals surface area contributed by atoms with E-state index in [2.05, 4.69) is 10.1 Å². The van der Waals surface area contributed by atoms with Gasteiger partial charge in [-0.25, -0.2) is 4.98 Å². The Kier molecular flexibility index (Phi) is 5.84. The van der Waals surface area contributed by atoms with E-state index < -0.39 is 9.52 Å². The van der Waals surface area contributed by atoms with Crippen molar-refractivity contribution in [2.45, 2.75) is 11.7 Å². The molecule has 8 heteroatoms. The number of rotatable bonds is 5. The fraction of sp³-hybridized carbons (Fsp3) is 0.125. The van der Waals surface area contributed by atoms with E-state index in [1.165, 1.54) is 6.33 Å². The zero-order valence-corrected chi connectivity index (χ0v) is 16.9. The van der Waals surface area contributed by atoms with Crippen LogP contribution in [0.5, 0.6) is 0 Å². The summed E-state index contributed by atoms with van der Waals surface area (Å²) in [6.07, 6.45) is 4.08. The van der Waals surface area contributed by atoms with Gasteiger partial charge in [0.2, 0.25) is 0 Å². The van der Waals surface area contributed by atoms with Gasteiger partial charge in [0, 0.05) is 31.8 Å². The first kappa shape index (κ1) is 17.8. The minimum atomic E-state index is -0.702. The molecule has 124 valence electrons. The van der Waals surface area contributed by atoms with Crippen molar-refractivity contribution < 1.29 is 0 Å². The van der Waals surface area contributed by atoms with Crippen LogP contribution in [0.3, 0.4) is 0 Å². The number of hydrogen-bond acceptors (Lipinski definition) is 2. The molecule has 1 heterocycles. The van der Waals surface area contributed by atoms with Gasteiger partial charge in [-0.15, -0.1) is 0 Å². The van der Waals surface area contributed by atoms with Crippen LogP contribution in [0.1, 0.15) is 16.7 Å². The standard InChI is InChI=1S/C16H13Cl4N3Si/c17-10-1-3-12(14(19)5-10)16(24-9-23-8-21-7-22-23)13-4-2-11(18)6-15(13)20/h1-8,16H,9,24H2. The Bertz CT molecular complexity index is 788. The van der Waals surface area contributed by atoms with Gasteiger partial charge in [-0.1, -0.05) is 58.5 Å². The highest BCUT2D eigenvalue weighted by molar-refractivity contribution is 6.42. The van der Waals surface area contributed by atoms with E-state index in [1.54, 1.807) is 18.5 Å². The maximum atomic E-state index is 6.45. The minimum Gasteiger partial charge on any atom is -0.257 e. The summed E-state index contributed by atoms with van der Waals surface area (Å²) in [5, 5.41) is 6.69. The molecule has 2 aromatic carbocycles. The van der Waals surface area contributed by atoms with E-state index in [-0.39, 0.29) is 5.54 Å². The molecular formula is C16H13Cl4N3Si. The molecule has 3 rings (SSSR count). The van der Waals surface area contributed by atoms with Crippen molar-refractivity contribution in [2.75, 3.05) is 0 Å². The van der Waals surface area contributed by atoms with E-state index in [9.17, 15) is 0 Å². The normalized spacial score (nSPS) is 11.7. The van der Waals surface area contributed by atoms with Crippen LogP contribution in [0, 0.1) is 0 Å². The zero-order chi connectivity index (χ0) is 17.1. The summed E-state index contributed by atoms with van der Waals surface area (Å²) in [5.41, 5.74) is 2.18.